The van der Waals surface area contributed by atoms with E-state index in [2.05, 4.69) is 15.4 Å². The molecule has 2 aromatic heterocycles. The molecular weight excluding hydrogens is 437 g/mol. The third-order valence-corrected chi connectivity index (χ3v) is 6.54. The molecule has 1 fully saturated rings. The summed E-state index contributed by atoms with van der Waals surface area (Å²) >= 11 is 6.31. The van der Waals surface area contributed by atoms with Crippen LogP contribution in [0.4, 0.5) is 4.39 Å². The van der Waals surface area contributed by atoms with E-state index in [4.69, 9.17) is 16.3 Å². The molecule has 0 aliphatic carbocycles. The van der Waals surface area contributed by atoms with Crippen LogP contribution in [0.25, 0.3) is 5.65 Å². The number of halogens is 2. The van der Waals surface area contributed by atoms with E-state index in [-0.39, 0.29) is 23.3 Å². The molecule has 1 amide bonds. The first-order chi connectivity index (χ1) is 15.3. The summed E-state index contributed by atoms with van der Waals surface area (Å²) in [5, 5.41) is 18.1. The first-order valence-corrected chi connectivity index (χ1v) is 10.9. The number of rotatable bonds is 3. The number of nitrogens with zero attached hydrogens (tertiary/aromatic N) is 4. The average molecular weight is 460 g/mol. The largest absolute Gasteiger partial charge is 0.488 e. The van der Waals surface area contributed by atoms with Gasteiger partial charge in [0.25, 0.3) is 5.91 Å². The summed E-state index contributed by atoms with van der Waals surface area (Å²) in [6, 6.07) is 3.91. The normalized spacial score (nSPS) is 20.6. The number of piperidine rings is 1. The number of fused-ring (bicyclic) bond motifs is 3. The van der Waals surface area contributed by atoms with Gasteiger partial charge in [-0.2, -0.15) is 5.10 Å². The Morgan fingerprint density at radius 3 is 2.91 bits per heavy atom. The van der Waals surface area contributed by atoms with Gasteiger partial charge in [0.2, 0.25) is 0 Å². The van der Waals surface area contributed by atoms with E-state index in [1.54, 1.807) is 9.42 Å². The predicted octanol–water partition coefficient (Wildman–Crippen LogP) is 2.40. The lowest BCUT2D eigenvalue weighted by Gasteiger charge is -2.28. The molecule has 2 aliphatic heterocycles. The fourth-order valence-corrected chi connectivity index (χ4v) is 4.47. The minimum absolute atomic E-state index is 0.172. The molecular formula is C22H23ClFN5O3. The number of aliphatic hydroxyl groups is 1. The number of amides is 1. The van der Waals surface area contributed by atoms with E-state index in [1.807, 2.05) is 13.8 Å². The highest BCUT2D eigenvalue weighted by atomic mass is 35.5. The summed E-state index contributed by atoms with van der Waals surface area (Å²) in [6.07, 6.45) is -0.484. The summed E-state index contributed by atoms with van der Waals surface area (Å²) in [5.41, 5.74) is 4.12. The summed E-state index contributed by atoms with van der Waals surface area (Å²) in [4.78, 5) is 19.6. The molecule has 4 heterocycles. The molecule has 0 bridgehead atoms. The van der Waals surface area contributed by atoms with E-state index in [1.165, 1.54) is 18.2 Å². The van der Waals surface area contributed by atoms with Gasteiger partial charge in [0.1, 0.15) is 17.7 Å². The molecule has 10 heteroatoms. The Kier molecular flexibility index (Phi) is 5.27. The quantitative estimate of drug-likeness (QED) is 0.625. The number of carbonyl (C=O) groups excluding carboxylic acids is 1. The molecule has 8 nitrogen and oxygen atoms in total. The molecule has 2 atom stereocenters. The van der Waals surface area contributed by atoms with Crippen LogP contribution in [0.3, 0.4) is 0 Å². The zero-order valence-electron chi connectivity index (χ0n) is 17.7. The van der Waals surface area contributed by atoms with Gasteiger partial charge in [-0.15, -0.1) is 0 Å². The molecule has 2 aliphatic rings. The van der Waals surface area contributed by atoms with Gasteiger partial charge in [-0.1, -0.05) is 11.6 Å². The minimum Gasteiger partial charge on any atom is -0.488 e. The van der Waals surface area contributed by atoms with Crippen molar-refractivity contribution < 1.29 is 19.0 Å². The van der Waals surface area contributed by atoms with Gasteiger partial charge in [-0.25, -0.2) is 13.9 Å². The van der Waals surface area contributed by atoms with Crippen LogP contribution in [0, 0.1) is 19.7 Å². The van der Waals surface area contributed by atoms with Crippen LogP contribution in [0.15, 0.2) is 18.2 Å². The average Bonchev–Trinajstić information content (AvgIpc) is 3.31. The molecule has 1 aromatic carbocycles. The second-order valence-corrected chi connectivity index (χ2v) is 8.72. The molecule has 2 N–H and O–H groups in total. The van der Waals surface area contributed by atoms with Crippen LogP contribution in [0.2, 0.25) is 5.02 Å². The van der Waals surface area contributed by atoms with Crippen LogP contribution in [0.1, 0.15) is 39.4 Å². The summed E-state index contributed by atoms with van der Waals surface area (Å²) in [6.45, 7) is 5.38. The Balaban J connectivity index is 1.42. The van der Waals surface area contributed by atoms with Gasteiger partial charge < -0.3 is 20.1 Å². The lowest BCUT2D eigenvalue weighted by molar-refractivity contribution is 0.0628. The number of aromatic nitrogens is 3. The first kappa shape index (κ1) is 21.1. The molecule has 5 rings (SSSR count). The van der Waals surface area contributed by atoms with Gasteiger partial charge in [-0.05, 0) is 26.0 Å². The smallest absolute Gasteiger partial charge is 0.258 e. The van der Waals surface area contributed by atoms with Gasteiger partial charge in [0.15, 0.2) is 5.65 Å². The van der Waals surface area contributed by atoms with E-state index >= 15 is 0 Å². The Bertz CT molecular complexity index is 1230. The van der Waals surface area contributed by atoms with Crippen molar-refractivity contribution in [3.63, 3.8) is 0 Å². The highest BCUT2D eigenvalue weighted by Gasteiger charge is 2.32. The highest BCUT2D eigenvalue weighted by Crippen LogP contribution is 2.32. The van der Waals surface area contributed by atoms with Crippen molar-refractivity contribution in [3.8, 4) is 5.75 Å². The SMILES string of the molecule is Cc1nc2c3c(nn2c(C)c1Cl)CN(C(=O)c1ccc(F)cc1OC1CNCC(O)C1)C3. The standard InChI is InChI=1S/C22H23ClFN5O3/c1-11-20(23)12(2)29-21(26-11)17-9-28(10-18(17)27-29)22(31)16-4-3-13(24)5-19(16)32-15-6-14(30)7-25-8-15/h3-5,14-15,25,30H,6-10H2,1-2H3. The first-order valence-electron chi connectivity index (χ1n) is 10.5. The van der Waals surface area contributed by atoms with E-state index in [0.717, 1.165) is 17.0 Å². The van der Waals surface area contributed by atoms with Gasteiger partial charge in [0.05, 0.1) is 46.9 Å². The van der Waals surface area contributed by atoms with Crippen LogP contribution < -0.4 is 10.1 Å². The van der Waals surface area contributed by atoms with Gasteiger partial charge in [0, 0.05) is 31.1 Å². The molecule has 2 unspecified atom stereocenters. The topological polar surface area (TPSA) is 92.0 Å². The number of β-amino-alcohol motifs (C(OH)–C–C–N with tert-alkyl or cyclic N) is 1. The fourth-order valence-electron chi connectivity index (χ4n) is 4.35. The summed E-state index contributed by atoms with van der Waals surface area (Å²) in [7, 11) is 0. The Hall–Kier alpha value is -2.75. The minimum atomic E-state index is -0.542. The number of hydrogen-bond donors (Lipinski definition) is 2. The van der Waals surface area contributed by atoms with E-state index in [9.17, 15) is 14.3 Å². The molecule has 0 saturated carbocycles. The van der Waals surface area contributed by atoms with Gasteiger partial charge in [-0.3, -0.25) is 4.79 Å². The number of aliphatic hydroxyl groups excluding tert-OH is 1. The van der Waals surface area contributed by atoms with Crippen molar-refractivity contribution in [2.45, 2.75) is 45.6 Å². The Morgan fingerprint density at radius 1 is 1.31 bits per heavy atom. The number of ether oxygens (including phenoxy) is 1. The lowest BCUT2D eigenvalue weighted by atomic mass is 10.1. The lowest BCUT2D eigenvalue weighted by Crippen LogP contribution is -2.45. The zero-order valence-corrected chi connectivity index (χ0v) is 18.5. The predicted molar refractivity (Wildman–Crippen MR) is 115 cm³/mol. The van der Waals surface area contributed by atoms with Crippen molar-refractivity contribution in [1.29, 1.82) is 0 Å². The molecule has 1 saturated heterocycles. The van der Waals surface area contributed by atoms with Gasteiger partial charge >= 0.3 is 0 Å². The molecule has 32 heavy (non-hydrogen) atoms. The maximum Gasteiger partial charge on any atom is 0.258 e. The molecule has 168 valence electrons. The highest BCUT2D eigenvalue weighted by molar-refractivity contribution is 6.31. The maximum absolute atomic E-state index is 14.0. The third kappa shape index (κ3) is 3.60. The van der Waals surface area contributed by atoms with Crippen molar-refractivity contribution in [2.24, 2.45) is 0 Å². The van der Waals surface area contributed by atoms with Crippen molar-refractivity contribution in [2.75, 3.05) is 13.1 Å². The number of aryl methyl sites for hydroxylation is 2. The van der Waals surface area contributed by atoms with Crippen molar-refractivity contribution in [3.05, 3.63) is 57.2 Å². The molecule has 0 radical (unpaired) electrons. The van der Waals surface area contributed by atoms with Crippen LogP contribution in [0.5, 0.6) is 5.75 Å². The number of nitrogens with one attached hydrogen (secondary N) is 1. The van der Waals surface area contributed by atoms with Crippen LogP contribution >= 0.6 is 11.6 Å². The fraction of sp³-hybridized carbons (Fsp3) is 0.409. The van der Waals surface area contributed by atoms with Crippen LogP contribution in [-0.4, -0.2) is 55.8 Å². The second-order valence-electron chi connectivity index (χ2n) is 8.35. The number of carbonyl (C=O) groups is 1. The van der Waals surface area contributed by atoms with E-state index in [0.29, 0.717) is 49.0 Å². The molecule has 3 aromatic rings. The van der Waals surface area contributed by atoms with E-state index < -0.39 is 11.9 Å². The number of hydrogen-bond acceptors (Lipinski definition) is 6. The Morgan fingerprint density at radius 2 is 2.12 bits per heavy atom. The third-order valence-electron chi connectivity index (χ3n) is 6.00. The summed E-state index contributed by atoms with van der Waals surface area (Å²) in [5.74, 6) is -0.593. The molecule has 0 spiro atoms. The van der Waals surface area contributed by atoms with Crippen molar-refractivity contribution >= 4 is 23.2 Å². The Labute approximate surface area is 188 Å². The monoisotopic (exact) mass is 459 g/mol. The maximum atomic E-state index is 14.0. The zero-order chi connectivity index (χ0) is 22.6. The number of benzene rings is 1. The summed E-state index contributed by atoms with van der Waals surface area (Å²) < 4.78 is 21.6. The van der Waals surface area contributed by atoms with Crippen LogP contribution in [-0.2, 0) is 13.1 Å². The second kappa shape index (κ2) is 7.99. The van der Waals surface area contributed by atoms with Crippen molar-refractivity contribution in [1.82, 2.24) is 24.8 Å².